The van der Waals surface area contributed by atoms with E-state index in [4.69, 9.17) is 21.3 Å². The molecule has 5 aromatic rings. The van der Waals surface area contributed by atoms with E-state index in [1.807, 2.05) is 48.7 Å². The van der Waals surface area contributed by atoms with E-state index in [1.54, 1.807) is 6.20 Å². The molecule has 0 radical (unpaired) electrons. The second-order valence-corrected chi connectivity index (χ2v) is 10.7. The molecule has 11 nitrogen and oxygen atoms in total. The molecule has 2 aromatic carbocycles. The highest BCUT2D eigenvalue weighted by molar-refractivity contribution is 6.32. The number of carbonyl (C=O) groups is 1. The van der Waals surface area contributed by atoms with Crippen molar-refractivity contribution in [1.29, 1.82) is 0 Å². The molecule has 1 amide bonds. The molecule has 0 unspecified atom stereocenters. The first kappa shape index (κ1) is 27.8. The second kappa shape index (κ2) is 13.1. The first-order chi connectivity index (χ1) is 20.6. The number of tetrazole rings is 1. The number of H-pyrrole nitrogens is 1. The third kappa shape index (κ3) is 6.58. The second-order valence-electron chi connectivity index (χ2n) is 10.3. The van der Waals surface area contributed by atoms with Gasteiger partial charge in [0.15, 0.2) is 0 Å². The molecule has 0 bridgehead atoms. The van der Waals surface area contributed by atoms with Gasteiger partial charge in [-0.05, 0) is 60.7 Å². The van der Waals surface area contributed by atoms with Crippen molar-refractivity contribution < 1.29 is 9.53 Å². The highest BCUT2D eigenvalue weighted by Gasteiger charge is 2.20. The van der Waals surface area contributed by atoms with E-state index in [-0.39, 0.29) is 5.91 Å². The number of carbonyl (C=O) groups excluding carboxylic acids is 1. The summed E-state index contributed by atoms with van der Waals surface area (Å²) in [4.78, 5) is 21.5. The van der Waals surface area contributed by atoms with Gasteiger partial charge in [-0.3, -0.25) is 9.78 Å². The number of hydrogen-bond acceptors (Lipinski definition) is 9. The van der Waals surface area contributed by atoms with Gasteiger partial charge in [0.2, 0.25) is 11.7 Å². The lowest BCUT2D eigenvalue weighted by molar-refractivity contribution is -0.120. The van der Waals surface area contributed by atoms with E-state index in [2.05, 4.69) is 41.6 Å². The van der Waals surface area contributed by atoms with Crippen LogP contribution in [0, 0.1) is 0 Å². The Hall–Kier alpha value is -4.35. The first-order valence-electron chi connectivity index (χ1n) is 14.2. The molecule has 0 aliphatic heterocycles. The summed E-state index contributed by atoms with van der Waals surface area (Å²) in [6, 6.07) is 13.7. The predicted octanol–water partition coefficient (Wildman–Crippen LogP) is 4.65. The fraction of sp³-hybridized carbons (Fsp3) is 0.333. The Balaban J connectivity index is 0.946. The number of nitrogens with one attached hydrogen (secondary N) is 4. The zero-order chi connectivity index (χ0) is 28.7. The Bertz CT molecular complexity index is 1680. The van der Waals surface area contributed by atoms with Crippen molar-refractivity contribution in [3.05, 3.63) is 65.4 Å². The Kier molecular flexibility index (Phi) is 8.67. The van der Waals surface area contributed by atoms with Gasteiger partial charge in [-0.25, -0.2) is 4.98 Å². The average molecular weight is 586 g/mol. The van der Waals surface area contributed by atoms with Crippen LogP contribution in [0.3, 0.4) is 0 Å². The predicted molar refractivity (Wildman–Crippen MR) is 162 cm³/mol. The molecule has 0 saturated heterocycles. The number of pyridine rings is 2. The topological polar surface area (TPSA) is 143 Å². The van der Waals surface area contributed by atoms with Crippen LogP contribution in [0.1, 0.15) is 37.7 Å². The molecule has 0 spiro atoms. The van der Waals surface area contributed by atoms with Gasteiger partial charge in [0.05, 0.1) is 16.6 Å². The Morgan fingerprint density at radius 2 is 1.98 bits per heavy atom. The van der Waals surface area contributed by atoms with E-state index in [9.17, 15) is 4.79 Å². The van der Waals surface area contributed by atoms with Crippen molar-refractivity contribution in [3.63, 3.8) is 0 Å². The number of rotatable bonds is 13. The van der Waals surface area contributed by atoms with E-state index in [1.165, 1.54) is 6.42 Å². The van der Waals surface area contributed by atoms with Crippen LogP contribution >= 0.6 is 11.6 Å². The van der Waals surface area contributed by atoms with E-state index in [0.29, 0.717) is 49.6 Å². The third-order valence-corrected chi connectivity index (χ3v) is 7.66. The molecule has 1 fully saturated rings. The SMILES string of the molecule is O=C(CCNCc1ccc(OC2CCC2)c(Cl)c1)NCCCNc1nc2cc(-c3nn[nH]n3)ccc2c2cnccc12. The lowest BCUT2D eigenvalue weighted by atomic mass is 9.96. The molecule has 12 heteroatoms. The molecule has 0 atom stereocenters. The number of amides is 1. The summed E-state index contributed by atoms with van der Waals surface area (Å²) in [5, 5.41) is 27.6. The molecule has 6 rings (SSSR count). The summed E-state index contributed by atoms with van der Waals surface area (Å²) < 4.78 is 5.90. The summed E-state index contributed by atoms with van der Waals surface area (Å²) in [6.07, 6.45) is 8.47. The summed E-state index contributed by atoms with van der Waals surface area (Å²) in [7, 11) is 0. The minimum absolute atomic E-state index is 0.0131. The zero-order valence-corrected chi connectivity index (χ0v) is 23.8. The number of nitrogens with zero attached hydrogens (tertiary/aromatic N) is 5. The number of aromatic amines is 1. The Morgan fingerprint density at radius 1 is 1.05 bits per heavy atom. The number of benzene rings is 2. The van der Waals surface area contributed by atoms with Crippen LogP contribution in [0.15, 0.2) is 54.9 Å². The van der Waals surface area contributed by atoms with Gasteiger partial charge in [-0.15, -0.1) is 10.2 Å². The normalized spacial score (nSPS) is 13.3. The molecule has 1 aliphatic carbocycles. The minimum Gasteiger partial charge on any atom is -0.489 e. The monoisotopic (exact) mass is 585 g/mol. The molecular formula is C30H32ClN9O2. The van der Waals surface area contributed by atoms with Crippen LogP contribution in [0.2, 0.25) is 5.02 Å². The van der Waals surface area contributed by atoms with Crippen molar-refractivity contribution >= 4 is 45.0 Å². The van der Waals surface area contributed by atoms with Crippen LogP contribution in [-0.4, -0.2) is 62.2 Å². The van der Waals surface area contributed by atoms with Crippen molar-refractivity contribution in [2.24, 2.45) is 0 Å². The maximum absolute atomic E-state index is 12.3. The van der Waals surface area contributed by atoms with Gasteiger partial charge in [0.25, 0.3) is 0 Å². The van der Waals surface area contributed by atoms with Gasteiger partial charge in [0, 0.05) is 66.7 Å². The van der Waals surface area contributed by atoms with Gasteiger partial charge in [-0.1, -0.05) is 29.8 Å². The highest BCUT2D eigenvalue weighted by atomic mass is 35.5. The van der Waals surface area contributed by atoms with Crippen molar-refractivity contribution in [2.45, 2.75) is 44.8 Å². The molecule has 42 heavy (non-hydrogen) atoms. The van der Waals surface area contributed by atoms with E-state index in [0.717, 1.165) is 63.6 Å². The molecule has 1 aliphatic rings. The number of halogens is 1. The minimum atomic E-state index is 0.0131. The van der Waals surface area contributed by atoms with Gasteiger partial charge < -0.3 is 20.7 Å². The molecule has 1 saturated carbocycles. The standard InChI is InChI=1S/C30H32ClN9O2/c31-25-15-19(5-8-27(25)42-21-3-1-4-21)17-32-14-10-28(41)34-11-2-12-35-30-23-9-13-33-18-24(23)22-7-6-20(16-26(22)36-30)29-37-39-40-38-29/h5-9,13,15-16,18,21,32H,1-4,10-12,14,17H2,(H,34,41)(H,35,36)(H,37,38,39,40). The summed E-state index contributed by atoms with van der Waals surface area (Å²) >= 11 is 6.38. The van der Waals surface area contributed by atoms with Gasteiger partial charge >= 0.3 is 0 Å². The van der Waals surface area contributed by atoms with Crippen molar-refractivity contribution in [3.8, 4) is 17.1 Å². The lowest BCUT2D eigenvalue weighted by Crippen LogP contribution is -2.29. The number of ether oxygens (including phenoxy) is 1. The first-order valence-corrected chi connectivity index (χ1v) is 14.6. The summed E-state index contributed by atoms with van der Waals surface area (Å²) in [5.74, 6) is 2.04. The number of aromatic nitrogens is 6. The van der Waals surface area contributed by atoms with Crippen LogP contribution in [0.25, 0.3) is 33.1 Å². The smallest absolute Gasteiger partial charge is 0.221 e. The van der Waals surface area contributed by atoms with E-state index < -0.39 is 0 Å². The maximum atomic E-state index is 12.3. The third-order valence-electron chi connectivity index (χ3n) is 7.37. The van der Waals surface area contributed by atoms with Crippen LogP contribution in [-0.2, 0) is 11.3 Å². The Morgan fingerprint density at radius 3 is 2.79 bits per heavy atom. The van der Waals surface area contributed by atoms with Crippen LogP contribution in [0.4, 0.5) is 5.82 Å². The fourth-order valence-electron chi connectivity index (χ4n) is 4.87. The van der Waals surface area contributed by atoms with Gasteiger partial charge in [-0.2, -0.15) is 5.21 Å². The molecule has 3 aromatic heterocycles. The van der Waals surface area contributed by atoms with Crippen LogP contribution in [0.5, 0.6) is 5.75 Å². The summed E-state index contributed by atoms with van der Waals surface area (Å²) in [6.45, 7) is 2.44. The van der Waals surface area contributed by atoms with E-state index >= 15 is 0 Å². The number of hydrogen-bond donors (Lipinski definition) is 4. The number of fused-ring (bicyclic) bond motifs is 3. The molecular weight excluding hydrogens is 554 g/mol. The Labute approximate surface area is 247 Å². The lowest BCUT2D eigenvalue weighted by Gasteiger charge is -2.26. The van der Waals surface area contributed by atoms with Crippen molar-refractivity contribution in [2.75, 3.05) is 25.0 Å². The van der Waals surface area contributed by atoms with Gasteiger partial charge in [0.1, 0.15) is 11.6 Å². The summed E-state index contributed by atoms with van der Waals surface area (Å²) in [5.41, 5.74) is 2.69. The maximum Gasteiger partial charge on any atom is 0.221 e. The van der Waals surface area contributed by atoms with Crippen molar-refractivity contribution in [1.82, 2.24) is 41.2 Å². The fourth-order valence-corrected chi connectivity index (χ4v) is 5.12. The van der Waals surface area contributed by atoms with Crippen LogP contribution < -0.4 is 20.7 Å². The highest BCUT2D eigenvalue weighted by Crippen LogP contribution is 2.32. The quantitative estimate of drug-likeness (QED) is 0.115. The average Bonchev–Trinajstić information content (AvgIpc) is 3.53. The molecule has 4 N–H and O–H groups in total. The molecule has 3 heterocycles. The number of anilines is 1. The zero-order valence-electron chi connectivity index (χ0n) is 23.1. The molecule has 216 valence electrons. The largest absolute Gasteiger partial charge is 0.489 e.